The third-order valence-electron chi connectivity index (χ3n) is 3.84. The van der Waals surface area contributed by atoms with Crippen LogP contribution >= 0.6 is 0 Å². The van der Waals surface area contributed by atoms with Crippen molar-refractivity contribution in [3.8, 4) is 0 Å². The standard InChI is InChI=1S/C12H15O.3CH3.Sn/c1-4-6-7-12(3)9-11(13)8-10(12)5-2;;;;/h5-6,8H,2,7,9H2,1,3H3;3*1H3;. The van der Waals surface area contributed by atoms with E-state index in [9.17, 15) is 4.79 Å². The molecule has 1 unspecified atom stereocenters. The predicted molar refractivity (Wildman–Crippen MR) is 77.7 cm³/mol. The number of hydrogen-bond acceptors (Lipinski definition) is 1. The molecule has 0 fully saturated rings. The summed E-state index contributed by atoms with van der Waals surface area (Å²) in [4.78, 5) is 18.8. The molecule has 0 N–H and O–H groups in total. The second kappa shape index (κ2) is 5.13. The minimum absolute atomic E-state index is 0.0167. The van der Waals surface area contributed by atoms with Gasteiger partial charge in [-0.2, -0.15) is 0 Å². The first-order chi connectivity index (χ1) is 7.69. The number of carbonyl (C=O) groups excluding carboxylic acids is 1. The normalized spacial score (nSPS) is 26.1. The Hall–Kier alpha value is -0.311. The van der Waals surface area contributed by atoms with Crippen molar-refractivity contribution in [2.24, 2.45) is 5.41 Å². The number of rotatable bonds is 4. The van der Waals surface area contributed by atoms with E-state index >= 15 is 0 Å². The van der Waals surface area contributed by atoms with Crippen molar-refractivity contribution in [3.63, 3.8) is 0 Å². The van der Waals surface area contributed by atoms with Gasteiger partial charge in [-0.25, -0.2) is 0 Å². The van der Waals surface area contributed by atoms with E-state index in [1.165, 1.54) is 0 Å². The van der Waals surface area contributed by atoms with Crippen molar-refractivity contribution in [1.82, 2.24) is 0 Å². The monoisotopic (exact) mass is 340 g/mol. The molecule has 1 atom stereocenters. The zero-order chi connectivity index (χ0) is 13.3. The third-order valence-corrected chi connectivity index (χ3v) is 11.2. The molecule has 1 aliphatic rings. The first kappa shape index (κ1) is 14.7. The van der Waals surface area contributed by atoms with Crippen molar-refractivity contribution in [2.75, 3.05) is 0 Å². The molecule has 0 amide bonds. The molecule has 0 aliphatic heterocycles. The second-order valence-electron chi connectivity index (χ2n) is 6.35. The van der Waals surface area contributed by atoms with E-state index in [1.807, 2.05) is 6.08 Å². The molecule has 0 aromatic heterocycles. The Bertz CT molecular complexity index is 396. The maximum absolute atomic E-state index is 11.5. The van der Waals surface area contributed by atoms with E-state index < -0.39 is 18.4 Å². The van der Waals surface area contributed by atoms with Crippen LogP contribution in [0.3, 0.4) is 0 Å². The van der Waals surface area contributed by atoms with E-state index in [2.05, 4.69) is 41.3 Å². The van der Waals surface area contributed by atoms with E-state index in [0.717, 1.165) is 12.0 Å². The van der Waals surface area contributed by atoms with Crippen LogP contribution < -0.4 is 0 Å². The van der Waals surface area contributed by atoms with Crippen LogP contribution in [-0.4, -0.2) is 24.2 Å². The molecule has 94 valence electrons. The van der Waals surface area contributed by atoms with E-state index in [4.69, 9.17) is 0 Å². The van der Waals surface area contributed by atoms with Gasteiger partial charge in [0.2, 0.25) is 0 Å². The van der Waals surface area contributed by atoms with Gasteiger partial charge in [-0.05, 0) is 0 Å². The van der Waals surface area contributed by atoms with Gasteiger partial charge in [0.15, 0.2) is 0 Å². The summed E-state index contributed by atoms with van der Waals surface area (Å²) >= 11 is -1.90. The summed E-state index contributed by atoms with van der Waals surface area (Å²) in [5, 5.41) is 0. The summed E-state index contributed by atoms with van der Waals surface area (Å²) < 4.78 is 1.59. The SMILES string of the molecule is C=CC1=CC(=O)CC1(C)C/C=[C](\C)[Sn]([CH3])([CH3])[CH3]. The van der Waals surface area contributed by atoms with Gasteiger partial charge in [-0.3, -0.25) is 0 Å². The van der Waals surface area contributed by atoms with Crippen LogP contribution in [0.15, 0.2) is 34.0 Å². The fraction of sp³-hybridized carbons (Fsp3) is 0.533. The average molecular weight is 339 g/mol. The fourth-order valence-electron chi connectivity index (χ4n) is 2.07. The van der Waals surface area contributed by atoms with E-state index in [0.29, 0.717) is 6.42 Å². The Labute approximate surface area is 110 Å². The van der Waals surface area contributed by atoms with Gasteiger partial charge in [-0.15, -0.1) is 0 Å². The molecular weight excluding hydrogens is 315 g/mol. The van der Waals surface area contributed by atoms with Gasteiger partial charge in [-0.1, -0.05) is 0 Å². The van der Waals surface area contributed by atoms with Gasteiger partial charge in [0, 0.05) is 0 Å². The van der Waals surface area contributed by atoms with Crippen molar-refractivity contribution in [3.05, 3.63) is 34.0 Å². The van der Waals surface area contributed by atoms with Gasteiger partial charge in [0.1, 0.15) is 0 Å². The molecule has 1 aliphatic carbocycles. The predicted octanol–water partition coefficient (Wildman–Crippen LogP) is 4.29. The summed E-state index contributed by atoms with van der Waals surface area (Å²) in [6.45, 7) is 8.25. The first-order valence-electron chi connectivity index (χ1n) is 6.24. The molecule has 0 bridgehead atoms. The van der Waals surface area contributed by atoms with Crippen LogP contribution in [0.4, 0.5) is 0 Å². The fourth-order valence-corrected chi connectivity index (χ4v) is 4.10. The Morgan fingerprint density at radius 3 is 2.59 bits per heavy atom. The van der Waals surface area contributed by atoms with Crippen LogP contribution in [0, 0.1) is 5.41 Å². The van der Waals surface area contributed by atoms with Crippen molar-refractivity contribution < 1.29 is 4.79 Å². The molecule has 2 heteroatoms. The summed E-state index contributed by atoms with van der Waals surface area (Å²) in [7, 11) is 0. The van der Waals surface area contributed by atoms with Crippen molar-refractivity contribution in [2.45, 2.75) is 41.5 Å². The Morgan fingerprint density at radius 2 is 2.12 bits per heavy atom. The van der Waals surface area contributed by atoms with Gasteiger partial charge >= 0.3 is 110 Å². The van der Waals surface area contributed by atoms with Gasteiger partial charge < -0.3 is 0 Å². The van der Waals surface area contributed by atoms with Crippen molar-refractivity contribution in [1.29, 1.82) is 0 Å². The quantitative estimate of drug-likeness (QED) is 0.699. The molecule has 1 rings (SSSR count). The molecule has 1 nitrogen and oxygen atoms in total. The van der Waals surface area contributed by atoms with Crippen molar-refractivity contribution >= 4 is 24.2 Å². The molecular formula is C15H24OSn. The number of ketones is 1. The molecule has 0 heterocycles. The van der Waals surface area contributed by atoms with Crippen LogP contribution in [0.1, 0.15) is 26.7 Å². The minimum atomic E-state index is -1.90. The first-order valence-corrected chi connectivity index (χ1v) is 16.2. The summed E-state index contributed by atoms with van der Waals surface area (Å²) in [6.07, 6.45) is 7.57. The second-order valence-corrected chi connectivity index (χ2v) is 21.4. The summed E-state index contributed by atoms with van der Waals surface area (Å²) in [5.41, 5.74) is 1.09. The molecule has 0 radical (unpaired) electrons. The molecule has 0 spiro atoms. The molecule has 17 heavy (non-hydrogen) atoms. The van der Waals surface area contributed by atoms with E-state index in [-0.39, 0.29) is 11.2 Å². The number of allylic oxidation sites excluding steroid dienone is 5. The van der Waals surface area contributed by atoms with Crippen LogP contribution in [-0.2, 0) is 4.79 Å². The van der Waals surface area contributed by atoms with Gasteiger partial charge in [0.25, 0.3) is 0 Å². The molecule has 0 aromatic rings. The topological polar surface area (TPSA) is 17.1 Å². The summed E-state index contributed by atoms with van der Waals surface area (Å²) in [6, 6.07) is 0. The number of carbonyl (C=O) groups is 1. The zero-order valence-corrected chi connectivity index (χ0v) is 14.6. The zero-order valence-electron chi connectivity index (χ0n) is 11.8. The Balaban J connectivity index is 2.86. The summed E-state index contributed by atoms with van der Waals surface area (Å²) in [5.74, 6) is 0.243. The van der Waals surface area contributed by atoms with Crippen LogP contribution in [0.5, 0.6) is 0 Å². The van der Waals surface area contributed by atoms with Crippen LogP contribution in [0.2, 0.25) is 14.8 Å². The molecule has 0 aromatic carbocycles. The van der Waals surface area contributed by atoms with Gasteiger partial charge in [0.05, 0.1) is 0 Å². The third kappa shape index (κ3) is 3.57. The molecule has 0 saturated heterocycles. The number of hydrogen-bond donors (Lipinski definition) is 0. The average Bonchev–Trinajstić information content (AvgIpc) is 2.49. The maximum atomic E-state index is 11.5. The van der Waals surface area contributed by atoms with Crippen LogP contribution in [0.25, 0.3) is 0 Å². The Morgan fingerprint density at radius 1 is 1.53 bits per heavy atom. The van der Waals surface area contributed by atoms with E-state index in [1.54, 1.807) is 9.67 Å². The Kier molecular flexibility index (Phi) is 4.45. The molecule has 0 saturated carbocycles.